The Morgan fingerprint density at radius 3 is 1.53 bits per heavy atom. The second-order valence-electron chi connectivity index (χ2n) is 6.89. The zero-order valence-electron chi connectivity index (χ0n) is 16.4. The molecule has 0 aromatic heterocycles. The number of anilines is 1. The van der Waals surface area contributed by atoms with Gasteiger partial charge in [-0.05, 0) is 50.2 Å². The number of aryl methyl sites for hydroxylation is 2. The van der Waals surface area contributed by atoms with Gasteiger partial charge in [-0.2, -0.15) is 0 Å². The zero-order valence-corrected chi connectivity index (χ0v) is 18.8. The Labute approximate surface area is 189 Å². The number of hydrogen-bond donors (Lipinski definition) is 0. The molecular weight excluding hydrogens is 434 g/mol. The van der Waals surface area contributed by atoms with Gasteiger partial charge in [0.15, 0.2) is 0 Å². The number of thioether (sulfide) groups is 2. The van der Waals surface area contributed by atoms with Gasteiger partial charge >= 0.3 is 0 Å². The molecule has 0 N–H and O–H groups in total. The van der Waals surface area contributed by atoms with E-state index in [0.29, 0.717) is 20.5 Å². The van der Waals surface area contributed by atoms with Crippen LogP contribution in [-0.2, 0) is 9.59 Å². The fourth-order valence-electron chi connectivity index (χ4n) is 2.97. The molecule has 0 saturated heterocycles. The number of nitrogens with zero attached hydrogens (tertiary/aromatic N) is 1. The molecule has 0 radical (unpaired) electrons. The molecule has 0 bridgehead atoms. The topological polar surface area (TPSA) is 37.4 Å². The summed E-state index contributed by atoms with van der Waals surface area (Å²) < 4.78 is 0. The molecule has 6 heteroatoms. The van der Waals surface area contributed by atoms with Crippen molar-refractivity contribution in [2.24, 2.45) is 0 Å². The lowest BCUT2D eigenvalue weighted by Gasteiger charge is -2.16. The van der Waals surface area contributed by atoms with Crippen LogP contribution in [0.4, 0.5) is 5.69 Å². The zero-order chi connectivity index (χ0) is 21.3. The number of para-hydroxylation sites is 1. The fourth-order valence-corrected chi connectivity index (χ4v) is 5.17. The summed E-state index contributed by atoms with van der Waals surface area (Å²) in [6.07, 6.45) is 0. The van der Waals surface area contributed by atoms with Gasteiger partial charge in [0.25, 0.3) is 11.8 Å². The second kappa shape index (κ2) is 8.72. The molecule has 1 aliphatic heterocycles. The first kappa shape index (κ1) is 20.8. The minimum Gasteiger partial charge on any atom is -0.268 e. The van der Waals surface area contributed by atoms with E-state index >= 15 is 0 Å². The van der Waals surface area contributed by atoms with E-state index in [1.54, 1.807) is 24.3 Å². The van der Waals surface area contributed by atoms with E-state index in [1.165, 1.54) is 28.4 Å². The van der Waals surface area contributed by atoms with Crippen LogP contribution in [0.2, 0.25) is 5.02 Å². The average Bonchev–Trinajstić information content (AvgIpc) is 2.96. The van der Waals surface area contributed by atoms with Crippen LogP contribution in [0.5, 0.6) is 0 Å². The van der Waals surface area contributed by atoms with Gasteiger partial charge in [-0.25, -0.2) is 4.90 Å². The summed E-state index contributed by atoms with van der Waals surface area (Å²) in [4.78, 5) is 30.5. The summed E-state index contributed by atoms with van der Waals surface area (Å²) in [5.74, 6) is -0.707. The van der Waals surface area contributed by atoms with E-state index in [4.69, 9.17) is 11.6 Å². The first-order chi connectivity index (χ1) is 14.4. The maximum atomic E-state index is 13.3. The first-order valence-corrected chi connectivity index (χ1v) is 11.3. The molecule has 1 aliphatic rings. The highest BCUT2D eigenvalue weighted by Gasteiger charge is 2.41. The van der Waals surface area contributed by atoms with Crippen LogP contribution in [-0.4, -0.2) is 11.8 Å². The van der Waals surface area contributed by atoms with E-state index in [1.807, 2.05) is 62.4 Å². The van der Waals surface area contributed by atoms with Crippen LogP contribution >= 0.6 is 35.1 Å². The third kappa shape index (κ3) is 4.19. The van der Waals surface area contributed by atoms with Crippen LogP contribution in [0.15, 0.2) is 92.4 Å². The van der Waals surface area contributed by atoms with Crippen molar-refractivity contribution in [3.8, 4) is 0 Å². The molecule has 0 fully saturated rings. The van der Waals surface area contributed by atoms with Crippen LogP contribution < -0.4 is 4.90 Å². The lowest BCUT2D eigenvalue weighted by atomic mass is 10.2. The Balaban J connectivity index is 1.75. The summed E-state index contributed by atoms with van der Waals surface area (Å²) >= 11 is 8.93. The Morgan fingerprint density at radius 2 is 1.10 bits per heavy atom. The highest BCUT2D eigenvalue weighted by Crippen LogP contribution is 2.44. The minimum absolute atomic E-state index is 0.353. The van der Waals surface area contributed by atoms with Crippen molar-refractivity contribution in [2.45, 2.75) is 23.6 Å². The third-order valence-corrected chi connectivity index (χ3v) is 7.21. The van der Waals surface area contributed by atoms with Crippen LogP contribution in [0.1, 0.15) is 11.1 Å². The van der Waals surface area contributed by atoms with Crippen molar-refractivity contribution in [1.82, 2.24) is 0 Å². The number of halogens is 1. The van der Waals surface area contributed by atoms with Crippen molar-refractivity contribution in [3.63, 3.8) is 0 Å². The van der Waals surface area contributed by atoms with Gasteiger partial charge in [0.2, 0.25) is 0 Å². The van der Waals surface area contributed by atoms with Crippen LogP contribution in [0.25, 0.3) is 0 Å². The Kier molecular flexibility index (Phi) is 6.04. The molecule has 0 spiro atoms. The summed E-state index contributed by atoms with van der Waals surface area (Å²) in [6, 6.07) is 22.7. The molecule has 150 valence electrons. The maximum Gasteiger partial charge on any atom is 0.273 e. The Hall–Kier alpha value is -2.47. The molecule has 0 saturated carbocycles. The number of amides is 2. The molecule has 1 heterocycles. The SMILES string of the molecule is Cc1ccc(SC2=C(Sc3ccc(C)cc3)C(=O)N(c3ccccc3Cl)C2=O)cc1. The Bertz CT molecular complexity index is 1090. The Morgan fingerprint density at radius 1 is 0.667 bits per heavy atom. The van der Waals surface area contributed by atoms with Crippen molar-refractivity contribution < 1.29 is 9.59 Å². The summed E-state index contributed by atoms with van der Waals surface area (Å²) in [5, 5.41) is 0.362. The number of benzene rings is 3. The van der Waals surface area contributed by atoms with Gasteiger partial charge < -0.3 is 0 Å². The predicted molar refractivity (Wildman–Crippen MR) is 125 cm³/mol. The first-order valence-electron chi connectivity index (χ1n) is 9.30. The highest BCUT2D eigenvalue weighted by atomic mass is 35.5. The van der Waals surface area contributed by atoms with Gasteiger partial charge in [-0.3, -0.25) is 9.59 Å². The lowest BCUT2D eigenvalue weighted by molar-refractivity contribution is -0.120. The van der Waals surface area contributed by atoms with Crippen molar-refractivity contribution in [1.29, 1.82) is 0 Å². The van der Waals surface area contributed by atoms with E-state index in [2.05, 4.69) is 0 Å². The van der Waals surface area contributed by atoms with Gasteiger partial charge in [-0.15, -0.1) is 0 Å². The quantitative estimate of drug-likeness (QED) is 0.408. The van der Waals surface area contributed by atoms with Crippen LogP contribution in [0, 0.1) is 13.8 Å². The number of carbonyl (C=O) groups excluding carboxylic acids is 2. The standard InChI is InChI=1S/C24H18ClNO2S2/c1-15-7-11-17(12-8-15)29-21-22(30-18-13-9-16(2)10-14-18)24(28)26(23(21)27)20-6-4-3-5-19(20)25/h3-14H,1-2H3. The monoisotopic (exact) mass is 451 g/mol. The molecule has 0 aliphatic carbocycles. The molecular formula is C24H18ClNO2S2. The minimum atomic E-state index is -0.353. The third-order valence-electron chi connectivity index (χ3n) is 4.58. The maximum absolute atomic E-state index is 13.3. The predicted octanol–water partition coefficient (Wildman–Crippen LogP) is 6.63. The van der Waals surface area contributed by atoms with Gasteiger partial charge in [0.1, 0.15) is 0 Å². The van der Waals surface area contributed by atoms with E-state index in [9.17, 15) is 9.59 Å². The van der Waals surface area contributed by atoms with Crippen LogP contribution in [0.3, 0.4) is 0 Å². The second-order valence-corrected chi connectivity index (χ2v) is 9.46. The van der Waals surface area contributed by atoms with Gasteiger partial charge in [-0.1, -0.05) is 82.6 Å². The van der Waals surface area contributed by atoms with Crippen molar-refractivity contribution in [3.05, 3.63) is 98.8 Å². The lowest BCUT2D eigenvalue weighted by Crippen LogP contribution is -2.31. The molecule has 4 rings (SSSR count). The number of hydrogen-bond acceptors (Lipinski definition) is 4. The van der Waals surface area contributed by atoms with E-state index < -0.39 is 0 Å². The smallest absolute Gasteiger partial charge is 0.268 e. The number of carbonyl (C=O) groups is 2. The summed E-state index contributed by atoms with van der Waals surface area (Å²) in [7, 11) is 0. The molecule has 0 unspecified atom stereocenters. The van der Waals surface area contributed by atoms with Crippen molar-refractivity contribution >= 4 is 52.6 Å². The fraction of sp³-hybridized carbons (Fsp3) is 0.0833. The largest absolute Gasteiger partial charge is 0.273 e. The number of imide groups is 1. The average molecular weight is 452 g/mol. The van der Waals surface area contributed by atoms with Gasteiger partial charge in [0, 0.05) is 9.79 Å². The molecule has 30 heavy (non-hydrogen) atoms. The van der Waals surface area contributed by atoms with Crippen molar-refractivity contribution in [2.75, 3.05) is 4.90 Å². The molecule has 0 atom stereocenters. The van der Waals surface area contributed by atoms with E-state index in [-0.39, 0.29) is 11.8 Å². The normalized spacial score (nSPS) is 14.0. The summed E-state index contributed by atoms with van der Waals surface area (Å²) in [6.45, 7) is 4.02. The number of rotatable bonds is 5. The molecule has 3 nitrogen and oxygen atoms in total. The van der Waals surface area contributed by atoms with Gasteiger partial charge in [0.05, 0.1) is 20.5 Å². The molecule has 3 aromatic carbocycles. The molecule has 2 amide bonds. The van der Waals surface area contributed by atoms with E-state index in [0.717, 1.165) is 20.9 Å². The molecule has 3 aromatic rings. The highest BCUT2D eigenvalue weighted by molar-refractivity contribution is 8.08. The summed E-state index contributed by atoms with van der Waals surface area (Å²) in [5.41, 5.74) is 2.67.